The summed E-state index contributed by atoms with van der Waals surface area (Å²) in [6, 6.07) is 9.35. The van der Waals surface area contributed by atoms with Gasteiger partial charge in [0.15, 0.2) is 12.4 Å². The molecule has 0 saturated heterocycles. The molecule has 0 aliphatic carbocycles. The maximum Gasteiger partial charge on any atom is 0.404 e. The lowest BCUT2D eigenvalue weighted by molar-refractivity contribution is 0.137. The molecule has 124 valence electrons. The highest BCUT2D eigenvalue weighted by atomic mass is 16.6. The van der Waals surface area contributed by atoms with E-state index in [2.05, 4.69) is 16.8 Å². The van der Waals surface area contributed by atoms with E-state index in [0.717, 1.165) is 24.3 Å². The van der Waals surface area contributed by atoms with Crippen molar-refractivity contribution < 1.29 is 18.8 Å². The number of nitrogens with two attached hydrogens (primary N) is 1. The third kappa shape index (κ3) is 5.65. The number of hydrogen-bond donors (Lipinski definition) is 1. The molecule has 1 amide bonds. The molecule has 2 rings (SSSR count). The Morgan fingerprint density at radius 2 is 2.00 bits per heavy atom. The van der Waals surface area contributed by atoms with Gasteiger partial charge in [-0.25, -0.2) is 4.79 Å². The Hall–Kier alpha value is -2.50. The predicted molar refractivity (Wildman–Crippen MR) is 85.9 cm³/mol. The highest BCUT2D eigenvalue weighted by Gasteiger charge is 2.08. The summed E-state index contributed by atoms with van der Waals surface area (Å²) in [4.78, 5) is 10.6. The van der Waals surface area contributed by atoms with Gasteiger partial charge >= 0.3 is 6.09 Å². The molecule has 0 aliphatic rings. The van der Waals surface area contributed by atoms with Crippen molar-refractivity contribution in [2.75, 3.05) is 6.61 Å². The molecule has 23 heavy (non-hydrogen) atoms. The Kier molecular flexibility index (Phi) is 6.47. The molecule has 0 fully saturated rings. The number of benzene rings is 1. The van der Waals surface area contributed by atoms with Crippen molar-refractivity contribution in [2.45, 2.75) is 39.2 Å². The zero-order chi connectivity index (χ0) is 16.5. The Balaban J connectivity index is 1.85. The Morgan fingerprint density at radius 3 is 2.70 bits per heavy atom. The van der Waals surface area contributed by atoms with E-state index in [9.17, 15) is 4.79 Å². The first kappa shape index (κ1) is 16.9. The van der Waals surface area contributed by atoms with E-state index < -0.39 is 6.09 Å². The van der Waals surface area contributed by atoms with E-state index in [1.54, 1.807) is 6.07 Å². The quantitative estimate of drug-likeness (QED) is 0.708. The SMILES string of the molecule is CCCCCCOc1ccc(-c2cc(COC(N)=O)on2)cc1. The lowest BCUT2D eigenvalue weighted by atomic mass is 10.1. The largest absolute Gasteiger partial charge is 0.494 e. The molecule has 0 atom stereocenters. The number of amides is 1. The molecule has 0 bridgehead atoms. The summed E-state index contributed by atoms with van der Waals surface area (Å²) in [6.07, 6.45) is 3.89. The number of carbonyl (C=O) groups excluding carboxylic acids is 1. The van der Waals surface area contributed by atoms with Crippen molar-refractivity contribution in [3.8, 4) is 17.0 Å². The summed E-state index contributed by atoms with van der Waals surface area (Å²) < 4.78 is 15.4. The third-order valence-corrected chi connectivity index (χ3v) is 3.33. The van der Waals surface area contributed by atoms with Gasteiger partial charge in [-0.05, 0) is 30.7 Å². The molecule has 6 heteroatoms. The van der Waals surface area contributed by atoms with Crippen molar-refractivity contribution in [2.24, 2.45) is 5.73 Å². The second-order valence-electron chi connectivity index (χ2n) is 5.22. The van der Waals surface area contributed by atoms with Crippen molar-refractivity contribution in [1.82, 2.24) is 5.16 Å². The molecular weight excluding hydrogens is 296 g/mol. The number of hydrogen-bond acceptors (Lipinski definition) is 5. The van der Waals surface area contributed by atoms with Gasteiger partial charge in [0.1, 0.15) is 11.4 Å². The Labute approximate surface area is 135 Å². The molecule has 1 aromatic carbocycles. The van der Waals surface area contributed by atoms with Crippen LogP contribution >= 0.6 is 0 Å². The molecule has 0 radical (unpaired) electrons. The normalized spacial score (nSPS) is 10.5. The molecule has 2 aromatic rings. The lowest BCUT2D eigenvalue weighted by Crippen LogP contribution is -2.12. The minimum atomic E-state index is -0.844. The molecule has 6 nitrogen and oxygen atoms in total. The first-order valence-corrected chi connectivity index (χ1v) is 7.80. The first-order chi connectivity index (χ1) is 11.2. The summed E-state index contributed by atoms with van der Waals surface area (Å²) in [5.41, 5.74) is 6.47. The molecule has 2 N–H and O–H groups in total. The van der Waals surface area contributed by atoms with Crippen LogP contribution in [0.25, 0.3) is 11.3 Å². The number of carbonyl (C=O) groups is 1. The van der Waals surface area contributed by atoms with Gasteiger partial charge < -0.3 is 19.7 Å². The second-order valence-corrected chi connectivity index (χ2v) is 5.22. The van der Waals surface area contributed by atoms with Gasteiger partial charge in [-0.3, -0.25) is 0 Å². The van der Waals surface area contributed by atoms with Crippen LogP contribution in [0.1, 0.15) is 38.4 Å². The maximum absolute atomic E-state index is 10.6. The highest BCUT2D eigenvalue weighted by molar-refractivity contribution is 5.64. The molecule has 1 aromatic heterocycles. The van der Waals surface area contributed by atoms with Gasteiger partial charge in [0.05, 0.1) is 6.61 Å². The molecule has 0 unspecified atom stereocenters. The van der Waals surface area contributed by atoms with Gasteiger partial charge in [-0.15, -0.1) is 0 Å². The predicted octanol–water partition coefficient (Wildman–Crippen LogP) is 3.90. The summed E-state index contributed by atoms with van der Waals surface area (Å²) >= 11 is 0. The third-order valence-electron chi connectivity index (χ3n) is 3.33. The van der Waals surface area contributed by atoms with E-state index in [4.69, 9.17) is 15.0 Å². The average molecular weight is 318 g/mol. The smallest absolute Gasteiger partial charge is 0.404 e. The van der Waals surface area contributed by atoms with Crippen molar-refractivity contribution >= 4 is 6.09 Å². The molecule has 0 aliphatic heterocycles. The fourth-order valence-electron chi connectivity index (χ4n) is 2.10. The summed E-state index contributed by atoms with van der Waals surface area (Å²) in [5, 5.41) is 3.94. The van der Waals surface area contributed by atoms with Crippen molar-refractivity contribution in [3.05, 3.63) is 36.1 Å². The standard InChI is InChI=1S/C17H22N2O4/c1-2-3-4-5-10-21-14-8-6-13(7-9-14)16-11-15(23-19-16)12-22-17(18)20/h6-9,11H,2-5,10,12H2,1H3,(H2,18,20). The number of unbranched alkanes of at least 4 members (excludes halogenated alkanes) is 3. The zero-order valence-corrected chi connectivity index (χ0v) is 13.3. The summed E-state index contributed by atoms with van der Waals surface area (Å²) in [5.74, 6) is 1.28. The van der Waals surface area contributed by atoms with Crippen molar-refractivity contribution in [3.63, 3.8) is 0 Å². The molecule has 1 heterocycles. The maximum atomic E-state index is 10.6. The highest BCUT2D eigenvalue weighted by Crippen LogP contribution is 2.22. The van der Waals surface area contributed by atoms with Gasteiger partial charge in [-0.1, -0.05) is 31.3 Å². The zero-order valence-electron chi connectivity index (χ0n) is 13.3. The van der Waals surface area contributed by atoms with Gasteiger partial charge in [0, 0.05) is 11.6 Å². The van der Waals surface area contributed by atoms with Crippen LogP contribution < -0.4 is 10.5 Å². The number of nitrogens with zero attached hydrogens (tertiary/aromatic N) is 1. The van der Waals surface area contributed by atoms with Gasteiger partial charge in [0.2, 0.25) is 0 Å². The molecule has 0 spiro atoms. The van der Waals surface area contributed by atoms with Crippen LogP contribution in [0.3, 0.4) is 0 Å². The van der Waals surface area contributed by atoms with Gasteiger partial charge in [0.25, 0.3) is 0 Å². The average Bonchev–Trinajstić information content (AvgIpc) is 3.02. The Bertz CT molecular complexity index is 607. The van der Waals surface area contributed by atoms with E-state index in [1.165, 1.54) is 19.3 Å². The molecule has 0 saturated carbocycles. The number of ether oxygens (including phenoxy) is 2. The number of aromatic nitrogens is 1. The van der Waals surface area contributed by atoms with Crippen LogP contribution in [-0.4, -0.2) is 17.9 Å². The van der Waals surface area contributed by atoms with Crippen LogP contribution in [0.15, 0.2) is 34.9 Å². The summed E-state index contributed by atoms with van der Waals surface area (Å²) in [7, 11) is 0. The van der Waals surface area contributed by atoms with Crippen LogP contribution in [0.2, 0.25) is 0 Å². The van der Waals surface area contributed by atoms with E-state index >= 15 is 0 Å². The van der Waals surface area contributed by atoms with Crippen LogP contribution in [0.5, 0.6) is 5.75 Å². The molecular formula is C17H22N2O4. The minimum Gasteiger partial charge on any atom is -0.494 e. The lowest BCUT2D eigenvalue weighted by Gasteiger charge is -2.06. The fraction of sp³-hybridized carbons (Fsp3) is 0.412. The first-order valence-electron chi connectivity index (χ1n) is 7.80. The number of primary amides is 1. The monoisotopic (exact) mass is 318 g/mol. The van der Waals surface area contributed by atoms with E-state index in [0.29, 0.717) is 11.5 Å². The minimum absolute atomic E-state index is 0.0265. The topological polar surface area (TPSA) is 87.6 Å². The van der Waals surface area contributed by atoms with Crippen LogP contribution in [0, 0.1) is 0 Å². The number of rotatable bonds is 9. The fourth-order valence-corrected chi connectivity index (χ4v) is 2.10. The Morgan fingerprint density at radius 1 is 1.22 bits per heavy atom. The van der Waals surface area contributed by atoms with Gasteiger partial charge in [-0.2, -0.15) is 0 Å². The van der Waals surface area contributed by atoms with E-state index in [1.807, 2.05) is 24.3 Å². The summed E-state index contributed by atoms with van der Waals surface area (Å²) in [6.45, 7) is 2.90. The van der Waals surface area contributed by atoms with E-state index in [-0.39, 0.29) is 6.61 Å². The van der Waals surface area contributed by atoms with Crippen molar-refractivity contribution in [1.29, 1.82) is 0 Å². The van der Waals surface area contributed by atoms with Crippen LogP contribution in [-0.2, 0) is 11.3 Å². The van der Waals surface area contributed by atoms with Crippen LogP contribution in [0.4, 0.5) is 4.79 Å². The second kappa shape index (κ2) is 8.82.